The molecule has 0 aromatic carbocycles. The van der Waals surface area contributed by atoms with Crippen molar-refractivity contribution in [2.45, 2.75) is 13.0 Å². The first kappa shape index (κ1) is 11.0. The SMILES string of the molecule is CC(NC(=O)c1nnc(Cl)s1)c1ncn[nH]1. The van der Waals surface area contributed by atoms with Crippen molar-refractivity contribution in [2.24, 2.45) is 0 Å². The molecule has 0 aliphatic heterocycles. The van der Waals surface area contributed by atoms with Gasteiger partial charge in [-0.2, -0.15) is 5.10 Å². The summed E-state index contributed by atoms with van der Waals surface area (Å²) in [6.45, 7) is 1.78. The number of aromatic amines is 1. The summed E-state index contributed by atoms with van der Waals surface area (Å²) < 4.78 is 0.234. The number of H-pyrrole nitrogens is 1. The van der Waals surface area contributed by atoms with Crippen LogP contribution in [0.4, 0.5) is 0 Å². The van der Waals surface area contributed by atoms with Crippen LogP contribution in [0.15, 0.2) is 6.33 Å². The van der Waals surface area contributed by atoms with Crippen LogP contribution >= 0.6 is 22.9 Å². The normalized spacial score (nSPS) is 12.4. The van der Waals surface area contributed by atoms with Crippen LogP contribution in [0.1, 0.15) is 28.6 Å². The standard InChI is InChI=1S/C7H7ClN6OS/c1-3(4-9-2-10-12-4)11-5(15)6-13-14-7(8)16-6/h2-3H,1H3,(H,11,15)(H,9,10,12). The van der Waals surface area contributed by atoms with Gasteiger partial charge < -0.3 is 5.32 Å². The van der Waals surface area contributed by atoms with Crippen molar-refractivity contribution in [3.8, 4) is 0 Å². The van der Waals surface area contributed by atoms with Crippen LogP contribution in [0.25, 0.3) is 0 Å². The molecule has 0 spiro atoms. The number of hydrogen-bond donors (Lipinski definition) is 2. The topological polar surface area (TPSA) is 96.5 Å². The van der Waals surface area contributed by atoms with Gasteiger partial charge in [0, 0.05) is 0 Å². The fraction of sp³-hybridized carbons (Fsp3) is 0.286. The van der Waals surface area contributed by atoms with Gasteiger partial charge in [0.2, 0.25) is 9.47 Å². The van der Waals surface area contributed by atoms with Crippen molar-refractivity contribution in [1.82, 2.24) is 30.7 Å². The van der Waals surface area contributed by atoms with Crippen molar-refractivity contribution in [2.75, 3.05) is 0 Å². The van der Waals surface area contributed by atoms with Crippen LogP contribution in [-0.4, -0.2) is 31.3 Å². The molecule has 16 heavy (non-hydrogen) atoms. The van der Waals surface area contributed by atoms with E-state index in [1.165, 1.54) is 6.33 Å². The van der Waals surface area contributed by atoms with Crippen molar-refractivity contribution in [1.29, 1.82) is 0 Å². The van der Waals surface area contributed by atoms with Crippen LogP contribution in [0.2, 0.25) is 4.47 Å². The molecule has 0 fully saturated rings. The molecule has 2 aromatic rings. The molecular formula is C7H7ClN6OS. The van der Waals surface area contributed by atoms with E-state index in [1.807, 2.05) is 0 Å². The third-order valence-corrected chi connectivity index (χ3v) is 2.80. The van der Waals surface area contributed by atoms with Gasteiger partial charge in [-0.1, -0.05) is 11.3 Å². The lowest BCUT2D eigenvalue weighted by molar-refractivity contribution is 0.0937. The first-order valence-electron chi connectivity index (χ1n) is 4.32. The summed E-state index contributed by atoms with van der Waals surface area (Å²) in [6, 6.07) is -0.280. The number of aromatic nitrogens is 5. The summed E-state index contributed by atoms with van der Waals surface area (Å²) in [6.07, 6.45) is 1.37. The Hall–Kier alpha value is -1.54. The van der Waals surface area contributed by atoms with E-state index in [1.54, 1.807) is 6.92 Å². The molecule has 7 nitrogen and oxygen atoms in total. The van der Waals surface area contributed by atoms with E-state index in [0.29, 0.717) is 5.82 Å². The summed E-state index contributed by atoms with van der Waals surface area (Å²) >= 11 is 6.60. The second-order valence-electron chi connectivity index (χ2n) is 2.93. The Morgan fingerprint density at radius 2 is 2.44 bits per heavy atom. The molecule has 2 N–H and O–H groups in total. The zero-order valence-corrected chi connectivity index (χ0v) is 9.71. The summed E-state index contributed by atoms with van der Waals surface area (Å²) in [5.74, 6) is 0.234. The minimum atomic E-state index is -0.340. The minimum Gasteiger partial charge on any atom is -0.340 e. The molecule has 9 heteroatoms. The Balaban J connectivity index is 2.03. The highest BCUT2D eigenvalue weighted by atomic mass is 35.5. The summed E-state index contributed by atoms with van der Waals surface area (Å²) in [7, 11) is 0. The molecule has 2 rings (SSSR count). The Kier molecular flexibility index (Phi) is 3.11. The number of halogens is 1. The highest BCUT2D eigenvalue weighted by Crippen LogP contribution is 2.15. The number of carbonyl (C=O) groups is 1. The second kappa shape index (κ2) is 4.54. The lowest BCUT2D eigenvalue weighted by Crippen LogP contribution is -2.27. The van der Waals surface area contributed by atoms with Crippen LogP contribution in [0.5, 0.6) is 0 Å². The number of nitrogens with one attached hydrogen (secondary N) is 2. The Morgan fingerprint density at radius 3 is 3.00 bits per heavy atom. The van der Waals surface area contributed by atoms with Crippen molar-refractivity contribution < 1.29 is 4.79 Å². The maximum Gasteiger partial charge on any atom is 0.282 e. The molecule has 0 saturated carbocycles. The molecule has 0 radical (unpaired) electrons. The quantitative estimate of drug-likeness (QED) is 0.849. The molecule has 2 aromatic heterocycles. The lowest BCUT2D eigenvalue weighted by atomic mass is 10.3. The fourth-order valence-electron chi connectivity index (χ4n) is 1.05. The predicted octanol–water partition coefficient (Wildman–Crippen LogP) is 0.801. The van der Waals surface area contributed by atoms with Crippen molar-refractivity contribution in [3.05, 3.63) is 21.6 Å². The Labute approximate surface area is 99.3 Å². The monoisotopic (exact) mass is 258 g/mol. The highest BCUT2D eigenvalue weighted by Gasteiger charge is 2.16. The second-order valence-corrected chi connectivity index (χ2v) is 4.49. The lowest BCUT2D eigenvalue weighted by Gasteiger charge is -2.08. The molecule has 2 heterocycles. The van der Waals surface area contributed by atoms with E-state index < -0.39 is 0 Å². The average Bonchev–Trinajstić information content (AvgIpc) is 2.87. The van der Waals surface area contributed by atoms with Gasteiger partial charge in [0.05, 0.1) is 6.04 Å². The van der Waals surface area contributed by atoms with Crippen LogP contribution in [-0.2, 0) is 0 Å². The van der Waals surface area contributed by atoms with Crippen LogP contribution in [0.3, 0.4) is 0 Å². The van der Waals surface area contributed by atoms with E-state index in [9.17, 15) is 4.79 Å². The van der Waals surface area contributed by atoms with Gasteiger partial charge in [0.15, 0.2) is 0 Å². The molecule has 0 aliphatic rings. The number of carbonyl (C=O) groups excluding carboxylic acids is 1. The van der Waals surface area contributed by atoms with Gasteiger partial charge in [0.25, 0.3) is 5.91 Å². The maximum atomic E-state index is 11.6. The Bertz CT molecular complexity index is 483. The number of rotatable bonds is 3. The molecule has 1 unspecified atom stereocenters. The number of amides is 1. The summed E-state index contributed by atoms with van der Waals surface area (Å²) in [5, 5.41) is 16.4. The van der Waals surface area contributed by atoms with E-state index in [-0.39, 0.29) is 21.4 Å². The number of hydrogen-bond acceptors (Lipinski definition) is 6. The first-order chi connectivity index (χ1) is 7.66. The van der Waals surface area contributed by atoms with E-state index in [2.05, 4.69) is 30.7 Å². The highest BCUT2D eigenvalue weighted by molar-refractivity contribution is 7.17. The van der Waals surface area contributed by atoms with Gasteiger partial charge in [-0.15, -0.1) is 10.2 Å². The van der Waals surface area contributed by atoms with Gasteiger partial charge >= 0.3 is 0 Å². The third kappa shape index (κ3) is 2.34. The van der Waals surface area contributed by atoms with E-state index in [4.69, 9.17) is 11.6 Å². The van der Waals surface area contributed by atoms with Gasteiger partial charge in [-0.25, -0.2) is 4.98 Å². The summed E-state index contributed by atoms with van der Waals surface area (Å²) in [4.78, 5) is 15.6. The number of nitrogens with zero attached hydrogens (tertiary/aromatic N) is 4. The average molecular weight is 259 g/mol. The molecule has 84 valence electrons. The van der Waals surface area contributed by atoms with Crippen LogP contribution < -0.4 is 5.32 Å². The van der Waals surface area contributed by atoms with Crippen molar-refractivity contribution >= 4 is 28.8 Å². The molecular weight excluding hydrogens is 252 g/mol. The molecule has 0 saturated heterocycles. The van der Waals surface area contributed by atoms with Crippen LogP contribution in [0, 0.1) is 0 Å². The minimum absolute atomic E-state index is 0.219. The molecule has 1 amide bonds. The smallest absolute Gasteiger partial charge is 0.282 e. The first-order valence-corrected chi connectivity index (χ1v) is 5.51. The predicted molar refractivity (Wildman–Crippen MR) is 57.2 cm³/mol. The zero-order chi connectivity index (χ0) is 11.5. The Morgan fingerprint density at radius 1 is 1.62 bits per heavy atom. The largest absolute Gasteiger partial charge is 0.340 e. The van der Waals surface area contributed by atoms with Gasteiger partial charge in [-0.3, -0.25) is 9.89 Å². The third-order valence-electron chi connectivity index (χ3n) is 1.79. The van der Waals surface area contributed by atoms with Gasteiger partial charge in [0.1, 0.15) is 12.2 Å². The van der Waals surface area contributed by atoms with Gasteiger partial charge in [-0.05, 0) is 18.5 Å². The van der Waals surface area contributed by atoms with E-state index >= 15 is 0 Å². The fourth-order valence-corrected chi connectivity index (χ4v) is 1.78. The summed E-state index contributed by atoms with van der Waals surface area (Å²) in [5.41, 5.74) is 0. The maximum absolute atomic E-state index is 11.6. The van der Waals surface area contributed by atoms with Crippen molar-refractivity contribution in [3.63, 3.8) is 0 Å². The molecule has 0 aliphatic carbocycles. The van der Waals surface area contributed by atoms with E-state index in [0.717, 1.165) is 11.3 Å². The molecule has 0 bridgehead atoms. The zero-order valence-electron chi connectivity index (χ0n) is 8.14. The molecule has 1 atom stereocenters.